The Hall–Kier alpha value is -3.71. The van der Waals surface area contributed by atoms with E-state index in [2.05, 4.69) is 0 Å². The van der Waals surface area contributed by atoms with Gasteiger partial charge < -0.3 is 18.6 Å². The summed E-state index contributed by atoms with van der Waals surface area (Å²) in [6.07, 6.45) is -1.11. The van der Waals surface area contributed by atoms with E-state index in [9.17, 15) is 14.4 Å². The van der Waals surface area contributed by atoms with Gasteiger partial charge in [-0.1, -0.05) is 42.0 Å². The van der Waals surface area contributed by atoms with Gasteiger partial charge in [-0.3, -0.25) is 4.79 Å². The van der Waals surface area contributed by atoms with Crippen LogP contribution >= 0.6 is 0 Å². The van der Waals surface area contributed by atoms with Crippen LogP contribution in [0.4, 0.5) is 0 Å². The van der Waals surface area contributed by atoms with Crippen LogP contribution in [0.2, 0.25) is 0 Å². The summed E-state index contributed by atoms with van der Waals surface area (Å²) in [5.74, 6) is -1.35. The van der Waals surface area contributed by atoms with Crippen molar-refractivity contribution in [3.05, 3.63) is 92.4 Å². The minimum atomic E-state index is -1.60. The molecular formula is C24H18O7. The van der Waals surface area contributed by atoms with Crippen molar-refractivity contribution in [3.8, 4) is 0 Å². The number of rotatable bonds is 3. The molecule has 2 atom stereocenters. The molecule has 0 aliphatic carbocycles. The first-order chi connectivity index (χ1) is 14.9. The second kappa shape index (κ2) is 6.65. The fraction of sp³-hybridized carbons (Fsp3) is 0.208. The van der Waals surface area contributed by atoms with E-state index in [1.165, 1.54) is 14.2 Å². The predicted molar refractivity (Wildman–Crippen MR) is 109 cm³/mol. The van der Waals surface area contributed by atoms with Crippen molar-refractivity contribution in [1.29, 1.82) is 0 Å². The van der Waals surface area contributed by atoms with Crippen LogP contribution in [0, 0.1) is 6.92 Å². The Bertz CT molecular complexity index is 1350. The van der Waals surface area contributed by atoms with Gasteiger partial charge in [0.05, 0.1) is 36.3 Å². The van der Waals surface area contributed by atoms with Crippen LogP contribution in [-0.4, -0.2) is 26.2 Å². The van der Waals surface area contributed by atoms with Gasteiger partial charge in [-0.2, -0.15) is 0 Å². The summed E-state index contributed by atoms with van der Waals surface area (Å²) >= 11 is 0. The van der Waals surface area contributed by atoms with E-state index in [0.717, 1.165) is 5.56 Å². The summed E-state index contributed by atoms with van der Waals surface area (Å²) in [6, 6.07) is 14.1. The van der Waals surface area contributed by atoms with Crippen molar-refractivity contribution in [1.82, 2.24) is 0 Å². The van der Waals surface area contributed by atoms with Gasteiger partial charge in [0.15, 0.2) is 16.8 Å². The average molecular weight is 418 g/mol. The molecule has 5 rings (SSSR count). The molecule has 7 nitrogen and oxygen atoms in total. The zero-order chi connectivity index (χ0) is 21.9. The van der Waals surface area contributed by atoms with Crippen LogP contribution < -0.4 is 5.43 Å². The van der Waals surface area contributed by atoms with Crippen LogP contribution in [0.1, 0.15) is 28.6 Å². The van der Waals surface area contributed by atoms with E-state index >= 15 is 0 Å². The highest BCUT2D eigenvalue weighted by Gasteiger charge is 2.64. The van der Waals surface area contributed by atoms with E-state index in [4.69, 9.17) is 18.6 Å². The molecule has 0 saturated heterocycles. The molecule has 2 bridgehead atoms. The molecule has 0 unspecified atom stereocenters. The van der Waals surface area contributed by atoms with E-state index in [0.29, 0.717) is 16.5 Å². The smallest absolute Gasteiger partial charge is 0.338 e. The van der Waals surface area contributed by atoms with E-state index < -0.39 is 23.6 Å². The summed E-state index contributed by atoms with van der Waals surface area (Å²) in [6.45, 7) is 1.92. The molecule has 0 fully saturated rings. The van der Waals surface area contributed by atoms with Gasteiger partial charge in [0.25, 0.3) is 0 Å². The Kier molecular flexibility index (Phi) is 4.13. The van der Waals surface area contributed by atoms with E-state index in [1.807, 2.05) is 19.1 Å². The lowest BCUT2D eigenvalue weighted by Crippen LogP contribution is -2.35. The Morgan fingerprint density at radius 2 is 1.65 bits per heavy atom. The van der Waals surface area contributed by atoms with Crippen molar-refractivity contribution in [3.63, 3.8) is 0 Å². The topological polar surface area (TPSA) is 92.0 Å². The number of carbonyl (C=O) groups is 2. The maximum Gasteiger partial charge on any atom is 0.338 e. The third-order valence-corrected chi connectivity index (χ3v) is 5.85. The highest BCUT2D eigenvalue weighted by atomic mass is 16.6. The number of hydrogen-bond donors (Lipinski definition) is 0. The summed E-state index contributed by atoms with van der Waals surface area (Å²) < 4.78 is 22.4. The van der Waals surface area contributed by atoms with Crippen LogP contribution in [-0.2, 0) is 29.4 Å². The lowest BCUT2D eigenvalue weighted by molar-refractivity contribution is -0.139. The summed E-state index contributed by atoms with van der Waals surface area (Å²) in [5, 5.41) is 0.361. The van der Waals surface area contributed by atoms with Crippen molar-refractivity contribution < 1.29 is 28.2 Å². The fourth-order valence-electron chi connectivity index (χ4n) is 4.45. The minimum absolute atomic E-state index is 0.0402. The summed E-state index contributed by atoms with van der Waals surface area (Å²) in [4.78, 5) is 39.1. The van der Waals surface area contributed by atoms with Gasteiger partial charge in [-0.05, 0) is 24.6 Å². The van der Waals surface area contributed by atoms with Gasteiger partial charge >= 0.3 is 11.9 Å². The van der Waals surface area contributed by atoms with Crippen molar-refractivity contribution in [2.75, 3.05) is 14.2 Å². The largest absolute Gasteiger partial charge is 0.466 e. The standard InChI is InChI=1S/C24H18O7/c1-12-8-10-13(11-9-12)24-18(23(27)29-3)16(22(26)28-2)20(31-24)17-19(25)14-6-4-5-7-15(14)30-21(17)24/h4-11,20H,1-3H3/t20-,24+/m0/s1. The molecule has 2 aromatic carbocycles. The molecule has 2 aliphatic rings. The maximum absolute atomic E-state index is 13.4. The number of methoxy groups -OCH3 is 2. The predicted octanol–water partition coefficient (Wildman–Crippen LogP) is 3.07. The van der Waals surface area contributed by atoms with Crippen molar-refractivity contribution >= 4 is 22.9 Å². The molecule has 2 aliphatic heterocycles. The maximum atomic E-state index is 13.4. The molecular weight excluding hydrogens is 400 g/mol. The molecule has 0 radical (unpaired) electrons. The van der Waals surface area contributed by atoms with Crippen molar-refractivity contribution in [2.45, 2.75) is 18.6 Å². The van der Waals surface area contributed by atoms with Crippen LogP contribution in [0.5, 0.6) is 0 Å². The monoisotopic (exact) mass is 418 g/mol. The first-order valence-electron chi connectivity index (χ1n) is 9.66. The quantitative estimate of drug-likeness (QED) is 0.604. The molecule has 0 spiro atoms. The Balaban J connectivity index is 1.94. The number of aryl methyl sites for hydroxylation is 1. The van der Waals surface area contributed by atoms with E-state index in [-0.39, 0.29) is 27.9 Å². The van der Waals surface area contributed by atoms with Gasteiger partial charge in [0.1, 0.15) is 11.7 Å². The summed E-state index contributed by atoms with van der Waals surface area (Å²) in [7, 11) is 2.43. The number of para-hydroxylation sites is 1. The number of esters is 2. The van der Waals surface area contributed by atoms with Gasteiger partial charge in [-0.15, -0.1) is 0 Å². The van der Waals surface area contributed by atoms with Crippen LogP contribution in [0.15, 0.2) is 68.9 Å². The Morgan fingerprint density at radius 3 is 2.32 bits per heavy atom. The lowest BCUT2D eigenvalue weighted by atomic mass is 9.76. The fourth-order valence-corrected chi connectivity index (χ4v) is 4.45. The third kappa shape index (κ3) is 2.41. The number of benzene rings is 2. The number of ether oxygens (including phenoxy) is 3. The number of fused-ring (bicyclic) bond motifs is 6. The van der Waals surface area contributed by atoms with Crippen LogP contribution in [0.25, 0.3) is 11.0 Å². The molecule has 0 saturated carbocycles. The zero-order valence-corrected chi connectivity index (χ0v) is 17.1. The van der Waals surface area contributed by atoms with E-state index in [1.54, 1.807) is 36.4 Å². The lowest BCUT2D eigenvalue weighted by Gasteiger charge is -2.28. The SMILES string of the molecule is COC(=O)C1=C(C(=O)OC)[C@@]2(c3ccc(C)cc3)O[C@@H]1c1c2oc2ccccc2c1=O. The Morgan fingerprint density at radius 1 is 0.968 bits per heavy atom. The minimum Gasteiger partial charge on any atom is -0.466 e. The number of hydrogen-bond acceptors (Lipinski definition) is 7. The van der Waals surface area contributed by atoms with Gasteiger partial charge in [0.2, 0.25) is 0 Å². The molecule has 1 aromatic heterocycles. The molecule has 156 valence electrons. The second-order valence-corrected chi connectivity index (χ2v) is 7.49. The average Bonchev–Trinajstić information content (AvgIpc) is 3.31. The number of carbonyl (C=O) groups excluding carboxylic acids is 2. The molecule has 0 amide bonds. The van der Waals surface area contributed by atoms with Gasteiger partial charge in [-0.25, -0.2) is 9.59 Å². The first kappa shape index (κ1) is 19.3. The highest BCUT2D eigenvalue weighted by Crippen LogP contribution is 2.60. The Labute approximate surface area is 176 Å². The molecule has 31 heavy (non-hydrogen) atoms. The van der Waals surface area contributed by atoms with Crippen LogP contribution in [0.3, 0.4) is 0 Å². The zero-order valence-electron chi connectivity index (χ0n) is 17.1. The summed E-state index contributed by atoms with van der Waals surface area (Å²) in [5.41, 5.74) is 0.0649. The molecule has 0 N–H and O–H groups in total. The molecule has 3 heterocycles. The molecule has 7 heteroatoms. The molecule has 3 aromatic rings. The first-order valence-corrected chi connectivity index (χ1v) is 9.66. The normalized spacial score (nSPS) is 21.3. The highest BCUT2D eigenvalue weighted by molar-refractivity contribution is 6.05. The van der Waals surface area contributed by atoms with Crippen molar-refractivity contribution in [2.24, 2.45) is 0 Å². The van der Waals surface area contributed by atoms with Gasteiger partial charge in [0, 0.05) is 0 Å². The third-order valence-electron chi connectivity index (χ3n) is 5.85. The second-order valence-electron chi connectivity index (χ2n) is 7.49.